The lowest BCUT2D eigenvalue weighted by atomic mass is 9.94. The van der Waals surface area contributed by atoms with Crippen molar-refractivity contribution < 1.29 is 14.7 Å². The number of carboxylic acids is 1. The molecule has 1 atom stereocenters. The fourth-order valence-electron chi connectivity index (χ4n) is 1.54. The number of rotatable bonds is 6. The Kier molecular flexibility index (Phi) is 4.51. The van der Waals surface area contributed by atoms with E-state index in [0.29, 0.717) is 12.8 Å². The van der Waals surface area contributed by atoms with Crippen LogP contribution >= 0.6 is 0 Å². The number of nitrogens with two attached hydrogens (primary N) is 1. The van der Waals surface area contributed by atoms with Crippen LogP contribution in [0.5, 0.6) is 0 Å². The van der Waals surface area contributed by atoms with Crippen molar-refractivity contribution in [3.63, 3.8) is 0 Å². The van der Waals surface area contributed by atoms with Gasteiger partial charge in [-0.15, -0.1) is 0 Å². The van der Waals surface area contributed by atoms with E-state index in [1.54, 1.807) is 0 Å². The highest BCUT2D eigenvalue weighted by molar-refractivity contribution is 5.77. The van der Waals surface area contributed by atoms with Gasteiger partial charge in [-0.2, -0.15) is 0 Å². The first-order valence-electron chi connectivity index (χ1n) is 5.14. The Morgan fingerprint density at radius 3 is 2.38 bits per heavy atom. The normalized spacial score (nSPS) is 12.0. The van der Waals surface area contributed by atoms with Crippen molar-refractivity contribution in [1.29, 1.82) is 0 Å². The van der Waals surface area contributed by atoms with Crippen LogP contribution < -0.4 is 5.73 Å². The Bertz CT molecular complexity index is 362. The molecule has 0 aliphatic heterocycles. The van der Waals surface area contributed by atoms with Crippen molar-refractivity contribution in [2.45, 2.75) is 19.3 Å². The van der Waals surface area contributed by atoms with Gasteiger partial charge in [-0.25, -0.2) is 0 Å². The molecule has 1 amide bonds. The number of hydrogen-bond donors (Lipinski definition) is 2. The summed E-state index contributed by atoms with van der Waals surface area (Å²) in [6.07, 6.45) is 0.767. The van der Waals surface area contributed by atoms with Gasteiger partial charge in [0.2, 0.25) is 5.91 Å². The summed E-state index contributed by atoms with van der Waals surface area (Å²) in [5, 5.41) is 8.56. The lowest BCUT2D eigenvalue weighted by Gasteiger charge is -2.11. The summed E-state index contributed by atoms with van der Waals surface area (Å²) < 4.78 is 0. The van der Waals surface area contributed by atoms with Crippen molar-refractivity contribution in [3.05, 3.63) is 35.9 Å². The molecule has 86 valence electrons. The molecular weight excluding hydrogens is 206 g/mol. The molecule has 0 saturated heterocycles. The molecule has 0 bridgehead atoms. The molecule has 0 heterocycles. The van der Waals surface area contributed by atoms with E-state index < -0.39 is 17.8 Å². The summed E-state index contributed by atoms with van der Waals surface area (Å²) in [6, 6.07) is 9.45. The van der Waals surface area contributed by atoms with E-state index in [-0.39, 0.29) is 6.42 Å². The van der Waals surface area contributed by atoms with E-state index in [1.807, 2.05) is 30.3 Å². The van der Waals surface area contributed by atoms with Crippen LogP contribution in [-0.4, -0.2) is 17.0 Å². The number of hydrogen-bond acceptors (Lipinski definition) is 2. The predicted molar refractivity (Wildman–Crippen MR) is 59.7 cm³/mol. The van der Waals surface area contributed by atoms with Crippen LogP contribution in [0.2, 0.25) is 0 Å². The van der Waals surface area contributed by atoms with Crippen LogP contribution in [0, 0.1) is 5.92 Å². The van der Waals surface area contributed by atoms with E-state index in [1.165, 1.54) is 0 Å². The summed E-state index contributed by atoms with van der Waals surface area (Å²) in [4.78, 5) is 21.6. The zero-order valence-electron chi connectivity index (χ0n) is 8.93. The molecule has 1 aromatic carbocycles. The average Bonchev–Trinajstić information content (AvgIpc) is 2.25. The number of carboxylic acid groups (broad SMARTS) is 1. The molecular formula is C12H15NO3. The van der Waals surface area contributed by atoms with Gasteiger partial charge in [0.25, 0.3) is 0 Å². The highest BCUT2D eigenvalue weighted by Gasteiger charge is 2.17. The Labute approximate surface area is 94.1 Å². The molecule has 0 radical (unpaired) electrons. The van der Waals surface area contributed by atoms with Crippen LogP contribution in [0.4, 0.5) is 0 Å². The predicted octanol–water partition coefficient (Wildman–Crippen LogP) is 1.20. The molecule has 1 aromatic rings. The molecule has 0 aromatic heterocycles. The second-order valence-corrected chi connectivity index (χ2v) is 3.72. The molecule has 0 aliphatic carbocycles. The van der Waals surface area contributed by atoms with Gasteiger partial charge >= 0.3 is 5.97 Å². The summed E-state index contributed by atoms with van der Waals surface area (Å²) >= 11 is 0. The molecule has 0 spiro atoms. The summed E-state index contributed by atoms with van der Waals surface area (Å²) in [5.74, 6) is -1.75. The Morgan fingerprint density at radius 2 is 1.88 bits per heavy atom. The highest BCUT2D eigenvalue weighted by Crippen LogP contribution is 2.13. The van der Waals surface area contributed by atoms with Crippen molar-refractivity contribution in [2.24, 2.45) is 11.7 Å². The van der Waals surface area contributed by atoms with E-state index in [9.17, 15) is 9.59 Å². The number of carbonyl (C=O) groups excluding carboxylic acids is 1. The highest BCUT2D eigenvalue weighted by atomic mass is 16.4. The van der Waals surface area contributed by atoms with Crippen LogP contribution in [0.15, 0.2) is 30.3 Å². The molecule has 3 N–H and O–H groups in total. The molecule has 1 rings (SSSR count). The molecule has 16 heavy (non-hydrogen) atoms. The smallest absolute Gasteiger partial charge is 0.303 e. The third-order valence-corrected chi connectivity index (χ3v) is 2.43. The fourth-order valence-corrected chi connectivity index (χ4v) is 1.54. The lowest BCUT2D eigenvalue weighted by molar-refractivity contribution is -0.137. The Balaban J connectivity index is 2.58. The minimum atomic E-state index is -0.903. The van der Waals surface area contributed by atoms with Crippen molar-refractivity contribution in [3.8, 4) is 0 Å². The lowest BCUT2D eigenvalue weighted by Crippen LogP contribution is -2.25. The van der Waals surface area contributed by atoms with E-state index in [4.69, 9.17) is 10.8 Å². The quantitative estimate of drug-likeness (QED) is 0.757. The number of amides is 1. The molecule has 0 saturated carbocycles. The minimum absolute atomic E-state index is 0.0273. The summed E-state index contributed by atoms with van der Waals surface area (Å²) in [7, 11) is 0. The molecule has 4 nitrogen and oxygen atoms in total. The van der Waals surface area contributed by atoms with Gasteiger partial charge in [0.1, 0.15) is 0 Å². The van der Waals surface area contributed by atoms with Gasteiger partial charge in [0, 0.05) is 12.3 Å². The van der Waals surface area contributed by atoms with E-state index >= 15 is 0 Å². The molecule has 0 aliphatic rings. The third kappa shape index (κ3) is 4.13. The first kappa shape index (κ1) is 12.2. The fraction of sp³-hybridized carbons (Fsp3) is 0.333. The number of primary amides is 1. The SMILES string of the molecule is NC(=O)C(CCC(=O)O)Cc1ccccc1. The second kappa shape index (κ2) is 5.90. The van der Waals surface area contributed by atoms with Gasteiger partial charge in [-0.3, -0.25) is 9.59 Å². The molecule has 4 heteroatoms. The van der Waals surface area contributed by atoms with E-state index in [0.717, 1.165) is 5.56 Å². The van der Waals surface area contributed by atoms with Gasteiger partial charge in [0.05, 0.1) is 0 Å². The Morgan fingerprint density at radius 1 is 1.25 bits per heavy atom. The number of aliphatic carboxylic acids is 1. The first-order chi connectivity index (χ1) is 7.59. The van der Waals surface area contributed by atoms with Crippen molar-refractivity contribution >= 4 is 11.9 Å². The average molecular weight is 221 g/mol. The van der Waals surface area contributed by atoms with Crippen molar-refractivity contribution in [2.75, 3.05) is 0 Å². The van der Waals surface area contributed by atoms with Gasteiger partial charge in [-0.05, 0) is 18.4 Å². The second-order valence-electron chi connectivity index (χ2n) is 3.72. The summed E-state index contributed by atoms with van der Waals surface area (Å²) in [5.41, 5.74) is 6.24. The summed E-state index contributed by atoms with van der Waals surface area (Å²) in [6.45, 7) is 0. The molecule has 1 unspecified atom stereocenters. The number of carbonyl (C=O) groups is 2. The van der Waals surface area contributed by atoms with Gasteiger partial charge < -0.3 is 10.8 Å². The maximum absolute atomic E-state index is 11.1. The van der Waals surface area contributed by atoms with Gasteiger partial charge in [-0.1, -0.05) is 30.3 Å². The first-order valence-corrected chi connectivity index (χ1v) is 5.14. The van der Waals surface area contributed by atoms with Gasteiger partial charge in [0.15, 0.2) is 0 Å². The van der Waals surface area contributed by atoms with E-state index in [2.05, 4.69) is 0 Å². The Hall–Kier alpha value is -1.84. The van der Waals surface area contributed by atoms with Crippen LogP contribution in [-0.2, 0) is 16.0 Å². The standard InChI is InChI=1S/C12H15NO3/c13-12(16)10(6-7-11(14)15)8-9-4-2-1-3-5-9/h1-5,10H,6-8H2,(H2,13,16)(H,14,15). The zero-order valence-corrected chi connectivity index (χ0v) is 8.93. The topological polar surface area (TPSA) is 80.4 Å². The van der Waals surface area contributed by atoms with Crippen molar-refractivity contribution in [1.82, 2.24) is 0 Å². The zero-order chi connectivity index (χ0) is 12.0. The van der Waals surface area contributed by atoms with Crippen LogP contribution in [0.1, 0.15) is 18.4 Å². The largest absolute Gasteiger partial charge is 0.481 e. The maximum atomic E-state index is 11.1. The monoisotopic (exact) mass is 221 g/mol. The minimum Gasteiger partial charge on any atom is -0.481 e. The van der Waals surface area contributed by atoms with Crippen LogP contribution in [0.25, 0.3) is 0 Å². The van der Waals surface area contributed by atoms with Crippen LogP contribution in [0.3, 0.4) is 0 Å². The maximum Gasteiger partial charge on any atom is 0.303 e. The third-order valence-electron chi connectivity index (χ3n) is 2.43. The molecule has 0 fully saturated rings. The number of benzene rings is 1.